The first-order valence-electron chi connectivity index (χ1n) is 13.4. The van der Waals surface area contributed by atoms with Gasteiger partial charge in [-0.25, -0.2) is 4.68 Å². The summed E-state index contributed by atoms with van der Waals surface area (Å²) in [7, 11) is 0. The van der Waals surface area contributed by atoms with Crippen LogP contribution >= 0.6 is 0 Å². The highest BCUT2D eigenvalue weighted by atomic mass is 16.5. The van der Waals surface area contributed by atoms with Gasteiger partial charge in [-0.1, -0.05) is 32.0 Å². The Morgan fingerprint density at radius 2 is 1.83 bits per heavy atom. The Hall–Kier alpha value is -5.16. The molecule has 0 unspecified atom stereocenters. The van der Waals surface area contributed by atoms with Crippen LogP contribution in [0.5, 0.6) is 5.75 Å². The first-order chi connectivity index (χ1) is 19.8. The van der Waals surface area contributed by atoms with Crippen molar-refractivity contribution in [3.05, 3.63) is 107 Å². The maximum absolute atomic E-state index is 13.7. The van der Waals surface area contributed by atoms with Crippen molar-refractivity contribution >= 4 is 17.9 Å². The highest BCUT2D eigenvalue weighted by molar-refractivity contribution is 6.19. The number of carbonyl (C=O) groups excluding carboxylic acids is 2. The van der Waals surface area contributed by atoms with Gasteiger partial charge in [0.2, 0.25) is 0 Å². The predicted octanol–water partition coefficient (Wildman–Crippen LogP) is 6.27. The maximum Gasteiger partial charge on any atom is 0.272 e. The number of aromatic nitrogens is 2. The molecule has 0 spiro atoms. The third kappa shape index (κ3) is 5.61. The molecule has 0 aliphatic carbocycles. The van der Waals surface area contributed by atoms with E-state index < -0.39 is 11.8 Å². The number of benzene rings is 2. The SMILES string of the molecule is CC1=C(C#N)C(=O)N(Cc2ccco2)C(=O)/C1=C/c1cn(-c2ccccc2)nc1-c1ccc(OCC(C)C)c(C)c1. The van der Waals surface area contributed by atoms with E-state index in [0.29, 0.717) is 35.1 Å². The molecular weight excluding hydrogens is 516 g/mol. The van der Waals surface area contributed by atoms with Crippen molar-refractivity contribution in [1.29, 1.82) is 5.26 Å². The number of hydrogen-bond donors (Lipinski definition) is 0. The van der Waals surface area contributed by atoms with Crippen molar-refractivity contribution in [3.63, 3.8) is 0 Å². The van der Waals surface area contributed by atoms with Gasteiger partial charge in [0.05, 0.1) is 30.8 Å². The van der Waals surface area contributed by atoms with Gasteiger partial charge >= 0.3 is 0 Å². The van der Waals surface area contributed by atoms with Gasteiger partial charge in [-0.05, 0) is 79.4 Å². The molecule has 1 aliphatic heterocycles. The van der Waals surface area contributed by atoms with E-state index >= 15 is 0 Å². The molecule has 2 aromatic heterocycles. The summed E-state index contributed by atoms with van der Waals surface area (Å²) in [6.45, 7) is 8.35. The molecular formula is C33H30N4O4. The number of furan rings is 1. The van der Waals surface area contributed by atoms with Gasteiger partial charge in [0, 0.05) is 22.9 Å². The summed E-state index contributed by atoms with van der Waals surface area (Å²) in [6, 6.07) is 20.9. The van der Waals surface area contributed by atoms with Crippen LogP contribution in [0.15, 0.2) is 94.3 Å². The number of carbonyl (C=O) groups is 2. The zero-order chi connectivity index (χ0) is 29.1. The van der Waals surface area contributed by atoms with Crippen LogP contribution in [0, 0.1) is 24.2 Å². The van der Waals surface area contributed by atoms with Gasteiger partial charge in [0.1, 0.15) is 23.2 Å². The number of imide groups is 1. The summed E-state index contributed by atoms with van der Waals surface area (Å²) in [5.74, 6) is 0.495. The van der Waals surface area contributed by atoms with E-state index in [-0.39, 0.29) is 17.7 Å². The second kappa shape index (κ2) is 11.5. The number of ether oxygens (including phenoxy) is 1. The minimum atomic E-state index is -0.642. The molecule has 0 bridgehead atoms. The van der Waals surface area contributed by atoms with Crippen molar-refractivity contribution in [2.75, 3.05) is 6.61 Å². The minimum absolute atomic E-state index is 0.0758. The monoisotopic (exact) mass is 546 g/mol. The molecule has 8 heteroatoms. The Morgan fingerprint density at radius 1 is 1.05 bits per heavy atom. The van der Waals surface area contributed by atoms with Crippen LogP contribution in [0.25, 0.3) is 23.0 Å². The Labute approximate surface area is 238 Å². The molecule has 3 heterocycles. The van der Waals surface area contributed by atoms with E-state index in [1.165, 1.54) is 6.26 Å². The van der Waals surface area contributed by atoms with Gasteiger partial charge in [-0.2, -0.15) is 10.4 Å². The van der Waals surface area contributed by atoms with Crippen LogP contribution < -0.4 is 4.74 Å². The molecule has 5 rings (SSSR count). The average molecular weight is 547 g/mol. The third-order valence-corrected chi connectivity index (χ3v) is 6.80. The highest BCUT2D eigenvalue weighted by Crippen LogP contribution is 2.33. The number of nitriles is 1. The fourth-order valence-electron chi connectivity index (χ4n) is 4.63. The number of aryl methyl sites for hydroxylation is 1. The number of rotatable bonds is 8. The first kappa shape index (κ1) is 27.4. The topological polar surface area (TPSA) is 101 Å². The molecule has 0 atom stereocenters. The molecule has 41 heavy (non-hydrogen) atoms. The summed E-state index contributed by atoms with van der Waals surface area (Å²) in [5, 5.41) is 14.7. The molecule has 4 aromatic rings. The van der Waals surface area contributed by atoms with Gasteiger partial charge in [0.25, 0.3) is 11.8 Å². The smallest absolute Gasteiger partial charge is 0.272 e. The fourth-order valence-corrected chi connectivity index (χ4v) is 4.63. The second-order valence-electron chi connectivity index (χ2n) is 10.3. The van der Waals surface area contributed by atoms with Crippen molar-refractivity contribution in [3.8, 4) is 28.8 Å². The molecule has 206 valence electrons. The Morgan fingerprint density at radius 3 is 2.49 bits per heavy atom. The number of nitrogens with zero attached hydrogens (tertiary/aromatic N) is 4. The first-order valence-corrected chi connectivity index (χ1v) is 13.4. The van der Waals surface area contributed by atoms with Crippen molar-refractivity contribution in [1.82, 2.24) is 14.7 Å². The van der Waals surface area contributed by atoms with Crippen LogP contribution in [-0.2, 0) is 16.1 Å². The Bertz CT molecular complexity index is 1700. The van der Waals surface area contributed by atoms with Crippen LogP contribution in [0.3, 0.4) is 0 Å². The lowest BCUT2D eigenvalue weighted by atomic mass is 9.93. The van der Waals surface area contributed by atoms with Crippen molar-refractivity contribution < 1.29 is 18.7 Å². The molecule has 0 radical (unpaired) electrons. The Balaban J connectivity index is 1.63. The van der Waals surface area contributed by atoms with Gasteiger partial charge in [-0.3, -0.25) is 14.5 Å². The molecule has 1 aliphatic rings. The number of hydrogen-bond acceptors (Lipinski definition) is 6. The van der Waals surface area contributed by atoms with Crippen LogP contribution in [-0.4, -0.2) is 33.1 Å². The van der Waals surface area contributed by atoms with Crippen LogP contribution in [0.1, 0.15) is 37.7 Å². The molecule has 0 saturated heterocycles. The molecule has 0 saturated carbocycles. The number of amides is 2. The quantitative estimate of drug-likeness (QED) is 0.191. The van der Waals surface area contributed by atoms with E-state index in [9.17, 15) is 14.9 Å². The van der Waals surface area contributed by atoms with E-state index in [2.05, 4.69) is 13.8 Å². The largest absolute Gasteiger partial charge is 0.493 e. The standard InChI is InChI=1S/C33H30N4O4/c1-21(2)20-41-30-13-12-24(15-22(30)3)31-25(18-37(35-31)26-9-6-5-7-10-26)16-28-23(4)29(17-34)33(39)36(32(28)38)19-27-11-8-14-40-27/h5-16,18,21H,19-20H2,1-4H3/b28-16+. The lowest BCUT2D eigenvalue weighted by Crippen LogP contribution is -2.42. The lowest BCUT2D eigenvalue weighted by Gasteiger charge is -2.26. The second-order valence-corrected chi connectivity index (χ2v) is 10.3. The van der Waals surface area contributed by atoms with Crippen LogP contribution in [0.2, 0.25) is 0 Å². The van der Waals surface area contributed by atoms with Crippen LogP contribution in [0.4, 0.5) is 0 Å². The van der Waals surface area contributed by atoms with Gasteiger partial charge in [-0.15, -0.1) is 0 Å². The van der Waals surface area contributed by atoms with E-state index in [4.69, 9.17) is 14.3 Å². The fraction of sp³-hybridized carbons (Fsp3) is 0.212. The zero-order valence-electron chi connectivity index (χ0n) is 23.4. The normalized spacial score (nSPS) is 14.7. The minimum Gasteiger partial charge on any atom is -0.493 e. The van der Waals surface area contributed by atoms with E-state index in [1.54, 1.807) is 29.8 Å². The van der Waals surface area contributed by atoms with Crippen molar-refractivity contribution in [2.45, 2.75) is 34.2 Å². The zero-order valence-corrected chi connectivity index (χ0v) is 23.4. The van der Waals surface area contributed by atoms with E-state index in [0.717, 1.165) is 27.5 Å². The maximum atomic E-state index is 13.7. The molecule has 0 N–H and O–H groups in total. The summed E-state index contributed by atoms with van der Waals surface area (Å²) >= 11 is 0. The molecule has 0 fully saturated rings. The molecule has 2 amide bonds. The van der Waals surface area contributed by atoms with Gasteiger partial charge in [0.15, 0.2) is 0 Å². The summed E-state index contributed by atoms with van der Waals surface area (Å²) in [5.41, 5.74) is 4.45. The van der Waals surface area contributed by atoms with Crippen molar-refractivity contribution in [2.24, 2.45) is 5.92 Å². The average Bonchev–Trinajstić information content (AvgIpc) is 3.64. The molecule has 2 aromatic carbocycles. The Kier molecular flexibility index (Phi) is 7.70. The summed E-state index contributed by atoms with van der Waals surface area (Å²) < 4.78 is 13.1. The summed E-state index contributed by atoms with van der Waals surface area (Å²) in [6.07, 6.45) is 5.02. The lowest BCUT2D eigenvalue weighted by molar-refractivity contribution is -0.141. The summed E-state index contributed by atoms with van der Waals surface area (Å²) in [4.78, 5) is 27.8. The predicted molar refractivity (Wildman–Crippen MR) is 155 cm³/mol. The molecule has 8 nitrogen and oxygen atoms in total. The highest BCUT2D eigenvalue weighted by Gasteiger charge is 2.36. The van der Waals surface area contributed by atoms with E-state index in [1.807, 2.05) is 67.7 Å². The third-order valence-electron chi connectivity index (χ3n) is 6.80. The van der Waals surface area contributed by atoms with Gasteiger partial charge < -0.3 is 9.15 Å². The number of para-hydroxylation sites is 1.